The summed E-state index contributed by atoms with van der Waals surface area (Å²) in [6.45, 7) is 1.53. The Balaban J connectivity index is 2.10. The average molecular weight is 271 g/mol. The van der Waals surface area contributed by atoms with Gasteiger partial charge < -0.3 is 9.47 Å². The van der Waals surface area contributed by atoms with Crippen LogP contribution in [0.15, 0.2) is 10.6 Å². The predicted octanol–water partition coefficient (Wildman–Crippen LogP) is 0.629. The molecule has 18 heavy (non-hydrogen) atoms. The van der Waals surface area contributed by atoms with Crippen LogP contribution in [-0.2, 0) is 23.9 Å². The number of ether oxygens (including phenoxy) is 2. The van der Waals surface area contributed by atoms with Crippen molar-refractivity contribution in [1.29, 1.82) is 0 Å². The van der Waals surface area contributed by atoms with Crippen LogP contribution >= 0.6 is 11.8 Å². The number of thioether (sulfide) groups is 1. The van der Waals surface area contributed by atoms with Gasteiger partial charge in [-0.25, -0.2) is 4.79 Å². The first-order valence-electron chi connectivity index (χ1n) is 5.48. The molecule has 0 aliphatic carbocycles. The van der Waals surface area contributed by atoms with E-state index in [1.807, 2.05) is 0 Å². The first-order valence-corrected chi connectivity index (χ1v) is 6.36. The zero-order valence-corrected chi connectivity index (χ0v) is 10.9. The van der Waals surface area contributed by atoms with Gasteiger partial charge in [0.1, 0.15) is 5.70 Å². The van der Waals surface area contributed by atoms with Gasteiger partial charge in [0, 0.05) is 18.2 Å². The molecule has 0 unspecified atom stereocenters. The van der Waals surface area contributed by atoms with Crippen LogP contribution in [0.5, 0.6) is 0 Å². The molecule has 0 aromatic carbocycles. The number of nitrogens with zero attached hydrogens (tertiary/aromatic N) is 1. The van der Waals surface area contributed by atoms with Crippen LogP contribution in [0.25, 0.3) is 0 Å². The average Bonchev–Trinajstić information content (AvgIpc) is 2.60. The summed E-state index contributed by atoms with van der Waals surface area (Å²) in [6.07, 6.45) is 0.858. The molecule has 2 rings (SSSR count). The van der Waals surface area contributed by atoms with Crippen LogP contribution in [0.1, 0.15) is 19.8 Å². The van der Waals surface area contributed by atoms with E-state index in [1.54, 1.807) is 0 Å². The number of hydrogen-bond donors (Lipinski definition) is 0. The maximum atomic E-state index is 11.7. The second kappa shape index (κ2) is 5.01. The summed E-state index contributed by atoms with van der Waals surface area (Å²) in [5.41, 5.74) is 0.302. The molecule has 7 heteroatoms. The van der Waals surface area contributed by atoms with Crippen molar-refractivity contribution in [3.63, 3.8) is 0 Å². The highest BCUT2D eigenvalue weighted by Crippen LogP contribution is 2.47. The largest absolute Gasteiger partial charge is 0.466 e. The maximum Gasteiger partial charge on any atom is 0.355 e. The summed E-state index contributed by atoms with van der Waals surface area (Å²) in [6, 6.07) is 0. The smallest absolute Gasteiger partial charge is 0.355 e. The fraction of sp³-hybridized carbons (Fsp3) is 0.545. The Morgan fingerprint density at radius 1 is 1.50 bits per heavy atom. The Bertz CT molecular complexity index is 445. The van der Waals surface area contributed by atoms with Crippen molar-refractivity contribution in [2.75, 3.05) is 13.7 Å². The third-order valence-corrected chi connectivity index (χ3v) is 4.03. The van der Waals surface area contributed by atoms with Gasteiger partial charge in [-0.3, -0.25) is 14.5 Å². The molecule has 0 radical (unpaired) electrons. The van der Waals surface area contributed by atoms with Crippen molar-refractivity contribution < 1.29 is 23.9 Å². The van der Waals surface area contributed by atoms with E-state index in [9.17, 15) is 14.4 Å². The van der Waals surface area contributed by atoms with E-state index in [4.69, 9.17) is 4.74 Å². The van der Waals surface area contributed by atoms with Crippen molar-refractivity contribution in [1.82, 2.24) is 4.90 Å². The number of fused-ring (bicyclic) bond motifs is 1. The van der Waals surface area contributed by atoms with Gasteiger partial charge in [-0.1, -0.05) is 0 Å². The molecule has 2 aliphatic heterocycles. The second-order valence-corrected chi connectivity index (χ2v) is 5.17. The highest BCUT2D eigenvalue weighted by Gasteiger charge is 2.48. The Morgan fingerprint density at radius 2 is 2.22 bits per heavy atom. The normalized spacial score (nSPS) is 21.6. The number of carbonyl (C=O) groups excluding carboxylic acids is 3. The van der Waals surface area contributed by atoms with Gasteiger partial charge in [-0.2, -0.15) is 0 Å². The molecular formula is C11H13NO5S. The number of methoxy groups -OCH3 is 1. The van der Waals surface area contributed by atoms with E-state index < -0.39 is 5.97 Å². The molecule has 1 fully saturated rings. The molecule has 0 saturated carbocycles. The van der Waals surface area contributed by atoms with E-state index in [2.05, 4.69) is 4.74 Å². The molecule has 0 N–H and O–H groups in total. The van der Waals surface area contributed by atoms with Gasteiger partial charge in [-0.15, -0.1) is 11.8 Å². The molecule has 1 amide bonds. The Kier molecular flexibility index (Phi) is 3.60. The third kappa shape index (κ3) is 2.22. The van der Waals surface area contributed by atoms with Crippen LogP contribution < -0.4 is 0 Å². The Morgan fingerprint density at radius 3 is 2.78 bits per heavy atom. The standard InChI is InChI=1S/C11H13NO5S/c1-6(13)17-4-3-7-10(11(15)16-2)12-8(14)5-9(12)18-7/h9H,3-5H2,1-2H3/t9-/m1/s1. The molecule has 0 aromatic heterocycles. The molecule has 6 nitrogen and oxygen atoms in total. The number of esters is 2. The lowest BCUT2D eigenvalue weighted by Gasteiger charge is -2.34. The number of amides is 1. The zero-order chi connectivity index (χ0) is 13.3. The van der Waals surface area contributed by atoms with Crippen molar-refractivity contribution in [2.45, 2.75) is 25.1 Å². The summed E-state index contributed by atoms with van der Waals surface area (Å²) in [4.78, 5) is 36.0. The molecule has 1 saturated heterocycles. The van der Waals surface area contributed by atoms with Crippen molar-refractivity contribution in [2.24, 2.45) is 0 Å². The maximum absolute atomic E-state index is 11.7. The van der Waals surface area contributed by atoms with Crippen molar-refractivity contribution in [3.8, 4) is 0 Å². The summed E-state index contributed by atoms with van der Waals surface area (Å²) in [7, 11) is 1.28. The molecule has 0 spiro atoms. The molecular weight excluding hydrogens is 258 g/mol. The van der Waals surface area contributed by atoms with E-state index in [0.717, 1.165) is 4.91 Å². The van der Waals surface area contributed by atoms with Crippen LogP contribution in [0.4, 0.5) is 0 Å². The van der Waals surface area contributed by atoms with Gasteiger partial charge in [0.25, 0.3) is 0 Å². The number of carbonyl (C=O) groups is 3. The summed E-state index contributed by atoms with van der Waals surface area (Å²) < 4.78 is 9.52. The number of β-lactam (4-membered cyclic amide) rings is 1. The number of hydrogen-bond acceptors (Lipinski definition) is 6. The van der Waals surface area contributed by atoms with Gasteiger partial charge in [0.2, 0.25) is 5.91 Å². The topological polar surface area (TPSA) is 72.9 Å². The van der Waals surface area contributed by atoms with Crippen molar-refractivity contribution >= 4 is 29.6 Å². The van der Waals surface area contributed by atoms with E-state index in [-0.39, 0.29) is 23.9 Å². The molecule has 0 aromatic rings. The molecule has 2 aliphatic rings. The first-order chi connectivity index (χ1) is 8.54. The highest BCUT2D eigenvalue weighted by molar-refractivity contribution is 8.04. The summed E-state index contributed by atoms with van der Waals surface area (Å²) in [5, 5.41) is -0.000993. The quantitative estimate of drug-likeness (QED) is 0.551. The van der Waals surface area contributed by atoms with Crippen molar-refractivity contribution in [3.05, 3.63) is 10.6 Å². The minimum atomic E-state index is -0.518. The van der Waals surface area contributed by atoms with Gasteiger partial charge in [-0.05, 0) is 0 Å². The lowest BCUT2D eigenvalue weighted by Crippen LogP contribution is -2.48. The first kappa shape index (κ1) is 12.9. The molecule has 2 heterocycles. The fourth-order valence-corrected chi connectivity index (χ4v) is 3.26. The Labute approximate surface area is 108 Å². The summed E-state index contributed by atoms with van der Waals surface area (Å²) >= 11 is 1.46. The second-order valence-electron chi connectivity index (χ2n) is 3.89. The van der Waals surface area contributed by atoms with Gasteiger partial charge in [0.15, 0.2) is 0 Å². The van der Waals surface area contributed by atoms with E-state index >= 15 is 0 Å². The predicted molar refractivity (Wildman–Crippen MR) is 63.1 cm³/mol. The SMILES string of the molecule is COC(=O)C1=C(CCOC(C)=O)S[C@@H]2CC(=O)N12. The monoisotopic (exact) mass is 271 g/mol. The lowest BCUT2D eigenvalue weighted by molar-refractivity contribution is -0.147. The molecule has 1 atom stereocenters. The van der Waals surface area contributed by atoms with Crippen LogP contribution in [0.3, 0.4) is 0 Å². The van der Waals surface area contributed by atoms with Gasteiger partial charge in [0.05, 0.1) is 25.5 Å². The number of rotatable bonds is 4. The van der Waals surface area contributed by atoms with Crippen LogP contribution in [-0.4, -0.2) is 41.8 Å². The highest BCUT2D eigenvalue weighted by atomic mass is 32.2. The van der Waals surface area contributed by atoms with Crippen LogP contribution in [0.2, 0.25) is 0 Å². The molecule has 0 bridgehead atoms. The minimum absolute atomic E-state index is 0.000993. The lowest BCUT2D eigenvalue weighted by atomic mass is 10.1. The molecule has 98 valence electrons. The Hall–Kier alpha value is -1.50. The van der Waals surface area contributed by atoms with E-state index in [0.29, 0.717) is 18.5 Å². The third-order valence-electron chi connectivity index (χ3n) is 2.70. The fourth-order valence-electron chi connectivity index (χ4n) is 1.88. The summed E-state index contributed by atoms with van der Waals surface area (Å²) in [5.74, 6) is -0.955. The van der Waals surface area contributed by atoms with Gasteiger partial charge >= 0.3 is 11.9 Å². The van der Waals surface area contributed by atoms with E-state index in [1.165, 1.54) is 30.7 Å². The van der Waals surface area contributed by atoms with Crippen LogP contribution in [0, 0.1) is 0 Å². The minimum Gasteiger partial charge on any atom is -0.466 e. The zero-order valence-electron chi connectivity index (χ0n) is 10.1.